The molecule has 1 aliphatic carbocycles. The summed E-state index contributed by atoms with van der Waals surface area (Å²) in [6.45, 7) is 0. The maximum absolute atomic E-state index is 9.76. The van der Waals surface area contributed by atoms with E-state index in [0.29, 0.717) is 21.9 Å². The number of fused-ring (bicyclic) bond motifs is 7. The van der Waals surface area contributed by atoms with Crippen LogP contribution in [0.1, 0.15) is 12.3 Å². The molecule has 4 nitrogen and oxygen atoms in total. The summed E-state index contributed by atoms with van der Waals surface area (Å²) < 4.78 is 85.2. The number of rotatable bonds is 4. The molecule has 236 valence electrons. The Morgan fingerprint density at radius 2 is 1.12 bits per heavy atom. The normalized spacial score (nSPS) is 14.4. The minimum atomic E-state index is -0.563. The highest BCUT2D eigenvalue weighted by atomic mass is 16.3. The summed E-state index contributed by atoms with van der Waals surface area (Å²) in [5.74, 6) is -0.129. The van der Waals surface area contributed by atoms with Gasteiger partial charge in [-0.05, 0) is 73.6 Å². The van der Waals surface area contributed by atoms with Crippen molar-refractivity contribution in [3.05, 3.63) is 164 Å². The lowest BCUT2D eigenvalue weighted by molar-refractivity contribution is 0.670. The van der Waals surface area contributed by atoms with Crippen molar-refractivity contribution in [2.45, 2.75) is 0 Å². The summed E-state index contributed by atoms with van der Waals surface area (Å²) in [5.41, 5.74) is 6.52. The predicted molar refractivity (Wildman–Crippen MR) is 208 cm³/mol. The molecule has 10 aromatic rings. The van der Waals surface area contributed by atoms with Crippen molar-refractivity contribution < 1.29 is 16.8 Å². The third-order valence-electron chi connectivity index (χ3n) is 9.69. The zero-order chi connectivity index (χ0) is 41.3. The first-order valence-electron chi connectivity index (χ1n) is 21.0. The van der Waals surface area contributed by atoms with Crippen LogP contribution in [0.3, 0.4) is 0 Å². The van der Waals surface area contributed by atoms with Gasteiger partial charge >= 0.3 is 0 Å². The second-order valence-corrected chi connectivity index (χ2v) is 12.5. The molecule has 4 heteroatoms. The Hall–Kier alpha value is -6.91. The molecule has 0 bridgehead atoms. The molecule has 1 aliphatic rings. The Morgan fingerprint density at radius 1 is 0.412 bits per heavy atom. The molecule has 0 aliphatic heterocycles. The summed E-state index contributed by atoms with van der Waals surface area (Å²) in [5, 5.41) is 4.46. The Labute approximate surface area is 306 Å². The topological polar surface area (TPSA) is 51.8 Å². The maximum Gasteiger partial charge on any atom is 0.164 e. The smallest absolute Gasteiger partial charge is 0.164 e. The van der Waals surface area contributed by atoms with Gasteiger partial charge < -0.3 is 4.42 Å². The predicted octanol–water partition coefficient (Wildman–Crippen LogP) is 12.4. The first-order chi connectivity index (χ1) is 29.0. The standard InChI is InChI=1S/C47H27N3O/c1-2-12-29(13-3-1)45-48-46(31-22-21-28-11-4-5-14-30(28)27-31)50-47(49-45)40-26-25-38(44-43(40)39-17-8-9-20-41(39)51-44)34-23-24-37-33-16-7-6-15-32(33)35-18-10-19-36(34)42(35)37/h1-27H/i1D,2D,3D,8D,9D,12D,13D,20D,26D. The average molecular weight is 659 g/mol. The monoisotopic (exact) mass is 658 g/mol. The van der Waals surface area contributed by atoms with E-state index in [-0.39, 0.29) is 63.9 Å². The molecule has 11 rings (SSSR count). The van der Waals surface area contributed by atoms with Crippen LogP contribution in [-0.4, -0.2) is 15.0 Å². The largest absolute Gasteiger partial charge is 0.455 e. The lowest BCUT2D eigenvalue weighted by atomic mass is 9.92. The Morgan fingerprint density at radius 3 is 1.98 bits per heavy atom. The number of aromatic nitrogens is 3. The molecule has 0 fully saturated rings. The Bertz CT molecular complexity index is 3510. The van der Waals surface area contributed by atoms with Gasteiger partial charge in [0.15, 0.2) is 17.5 Å². The van der Waals surface area contributed by atoms with Gasteiger partial charge in [-0.2, -0.15) is 0 Å². The summed E-state index contributed by atoms with van der Waals surface area (Å²) in [4.78, 5) is 14.4. The average Bonchev–Trinajstić information content (AvgIpc) is 3.81. The second-order valence-electron chi connectivity index (χ2n) is 12.5. The molecule has 0 amide bonds. The van der Waals surface area contributed by atoms with Crippen LogP contribution in [0.5, 0.6) is 0 Å². The van der Waals surface area contributed by atoms with Crippen molar-refractivity contribution in [3.8, 4) is 67.5 Å². The van der Waals surface area contributed by atoms with Crippen LogP contribution < -0.4 is 0 Å². The van der Waals surface area contributed by atoms with Crippen LogP contribution in [0.2, 0.25) is 0 Å². The van der Waals surface area contributed by atoms with Gasteiger partial charge in [0.2, 0.25) is 0 Å². The minimum Gasteiger partial charge on any atom is -0.455 e. The van der Waals surface area contributed by atoms with Crippen molar-refractivity contribution in [3.63, 3.8) is 0 Å². The van der Waals surface area contributed by atoms with E-state index in [1.807, 2.05) is 72.8 Å². The van der Waals surface area contributed by atoms with Gasteiger partial charge in [-0.25, -0.2) is 15.0 Å². The van der Waals surface area contributed by atoms with Crippen molar-refractivity contribution in [2.24, 2.45) is 0 Å². The molecule has 0 unspecified atom stereocenters. The highest BCUT2D eigenvalue weighted by molar-refractivity contribution is 6.22. The number of para-hydroxylation sites is 1. The van der Waals surface area contributed by atoms with E-state index in [0.717, 1.165) is 49.4 Å². The summed E-state index contributed by atoms with van der Waals surface area (Å²) in [7, 11) is 0. The van der Waals surface area contributed by atoms with Crippen LogP contribution in [0.4, 0.5) is 0 Å². The molecular formula is C47H27N3O. The van der Waals surface area contributed by atoms with Crippen LogP contribution >= 0.6 is 0 Å². The number of hydrogen-bond acceptors (Lipinski definition) is 4. The van der Waals surface area contributed by atoms with Crippen LogP contribution in [-0.2, 0) is 0 Å². The summed E-state index contributed by atoms with van der Waals surface area (Å²) in [6.07, 6.45) is 0. The molecule has 2 aromatic heterocycles. The maximum atomic E-state index is 9.76. The van der Waals surface area contributed by atoms with Gasteiger partial charge in [-0.15, -0.1) is 0 Å². The van der Waals surface area contributed by atoms with Gasteiger partial charge in [0, 0.05) is 33.0 Å². The third-order valence-corrected chi connectivity index (χ3v) is 9.69. The number of nitrogens with zero attached hydrogens (tertiary/aromatic N) is 3. The molecule has 0 saturated carbocycles. The van der Waals surface area contributed by atoms with E-state index in [2.05, 4.69) is 24.3 Å². The van der Waals surface area contributed by atoms with Gasteiger partial charge in [0.05, 0.1) is 12.3 Å². The van der Waals surface area contributed by atoms with Gasteiger partial charge in [0.1, 0.15) is 11.2 Å². The molecule has 51 heavy (non-hydrogen) atoms. The van der Waals surface area contributed by atoms with E-state index >= 15 is 0 Å². The van der Waals surface area contributed by atoms with Gasteiger partial charge in [-0.1, -0.05) is 139 Å². The molecule has 0 radical (unpaired) electrons. The molecule has 2 heterocycles. The molecule has 0 saturated heterocycles. The van der Waals surface area contributed by atoms with Crippen molar-refractivity contribution in [2.75, 3.05) is 0 Å². The van der Waals surface area contributed by atoms with E-state index < -0.39 is 30.2 Å². The van der Waals surface area contributed by atoms with Gasteiger partial charge in [0.25, 0.3) is 0 Å². The van der Waals surface area contributed by atoms with Crippen LogP contribution in [0.15, 0.2) is 168 Å². The molecular weight excluding hydrogens is 623 g/mol. The minimum absolute atomic E-state index is 0.0394. The van der Waals surface area contributed by atoms with Crippen LogP contribution in [0, 0.1) is 0 Å². The second kappa shape index (κ2) is 10.8. The first kappa shape index (κ1) is 20.6. The molecule has 0 spiro atoms. The van der Waals surface area contributed by atoms with Crippen molar-refractivity contribution in [1.82, 2.24) is 15.0 Å². The van der Waals surface area contributed by atoms with E-state index in [1.54, 1.807) is 6.07 Å². The highest BCUT2D eigenvalue weighted by Gasteiger charge is 2.25. The first-order valence-corrected chi connectivity index (χ1v) is 16.5. The summed E-state index contributed by atoms with van der Waals surface area (Å²) >= 11 is 0. The van der Waals surface area contributed by atoms with Crippen molar-refractivity contribution in [1.29, 1.82) is 0 Å². The fraction of sp³-hybridized carbons (Fsp3) is 0. The van der Waals surface area contributed by atoms with Crippen LogP contribution in [0.25, 0.3) is 111 Å². The van der Waals surface area contributed by atoms with E-state index in [9.17, 15) is 1.37 Å². The number of benzene rings is 8. The fourth-order valence-corrected chi connectivity index (χ4v) is 7.43. The van der Waals surface area contributed by atoms with Crippen molar-refractivity contribution >= 4 is 43.5 Å². The third kappa shape index (κ3) is 4.23. The zero-order valence-corrected chi connectivity index (χ0v) is 26.6. The molecule has 8 aromatic carbocycles. The van der Waals surface area contributed by atoms with E-state index in [1.165, 1.54) is 6.07 Å². The zero-order valence-electron chi connectivity index (χ0n) is 35.6. The molecule has 0 atom stereocenters. The quantitative estimate of drug-likeness (QED) is 0.189. The number of furan rings is 1. The Balaban J connectivity index is 1.25. The Kier molecular flexibility index (Phi) is 4.35. The van der Waals surface area contributed by atoms with E-state index in [4.69, 9.17) is 30.3 Å². The fourth-order valence-electron chi connectivity index (χ4n) is 7.43. The SMILES string of the molecule is [2H]c1cc2c(oc3c(-c4ccc5c6c(cccc46)-c4ccccc4-5)cc([2H])c(-c4nc(-c5ccc6ccccc6c5)nc(-c5c([2H])c([2H])c([2H])c([2H])c5[2H])n4)c32)c([2H])c1[2H]. The number of hydrogen-bond donors (Lipinski definition) is 0. The summed E-state index contributed by atoms with van der Waals surface area (Å²) in [6, 6.07) is 31.3. The lowest BCUT2D eigenvalue weighted by Gasteiger charge is -2.13. The lowest BCUT2D eigenvalue weighted by Crippen LogP contribution is -2.00. The highest BCUT2D eigenvalue weighted by Crippen LogP contribution is 2.50. The molecule has 0 N–H and O–H groups in total. The van der Waals surface area contributed by atoms with Gasteiger partial charge in [-0.3, -0.25) is 0 Å².